The summed E-state index contributed by atoms with van der Waals surface area (Å²) in [5, 5.41) is 2.82. The Balaban J connectivity index is 1.97. The van der Waals surface area contributed by atoms with E-state index in [-0.39, 0.29) is 17.3 Å². The summed E-state index contributed by atoms with van der Waals surface area (Å²) in [6.07, 6.45) is 1.97. The summed E-state index contributed by atoms with van der Waals surface area (Å²) >= 11 is 3.06. The van der Waals surface area contributed by atoms with Crippen molar-refractivity contribution in [2.75, 3.05) is 13.2 Å². The van der Waals surface area contributed by atoms with E-state index >= 15 is 0 Å². The zero-order chi connectivity index (χ0) is 13.2. The molecular formula is C13H15BrFNO2. The molecule has 0 saturated carbocycles. The number of hydrogen-bond acceptors (Lipinski definition) is 2. The number of benzene rings is 1. The molecule has 1 fully saturated rings. The lowest BCUT2D eigenvalue weighted by atomic mass is 10.0. The van der Waals surface area contributed by atoms with Gasteiger partial charge >= 0.3 is 0 Å². The molecule has 1 aromatic carbocycles. The van der Waals surface area contributed by atoms with Crippen molar-refractivity contribution < 1.29 is 13.9 Å². The Morgan fingerprint density at radius 2 is 2.39 bits per heavy atom. The van der Waals surface area contributed by atoms with Crippen molar-refractivity contribution >= 4 is 21.8 Å². The van der Waals surface area contributed by atoms with E-state index in [1.807, 2.05) is 6.92 Å². The van der Waals surface area contributed by atoms with Crippen LogP contribution in [0.5, 0.6) is 0 Å². The molecular weight excluding hydrogens is 301 g/mol. The molecule has 1 aliphatic heterocycles. The first kappa shape index (κ1) is 13.5. The Labute approximate surface area is 114 Å². The van der Waals surface area contributed by atoms with Crippen LogP contribution in [0.15, 0.2) is 22.7 Å². The molecule has 3 nitrogen and oxygen atoms in total. The predicted octanol–water partition coefficient (Wildman–Crippen LogP) is 2.89. The molecule has 1 atom stereocenters. The fraction of sp³-hybridized carbons (Fsp3) is 0.462. The number of carbonyl (C=O) groups excluding carboxylic acids is 1. The summed E-state index contributed by atoms with van der Waals surface area (Å²) in [6, 6.07) is 4.21. The van der Waals surface area contributed by atoms with Crippen molar-refractivity contribution in [3.63, 3.8) is 0 Å². The molecule has 0 aromatic heterocycles. The van der Waals surface area contributed by atoms with Crippen LogP contribution >= 0.6 is 15.9 Å². The van der Waals surface area contributed by atoms with E-state index in [2.05, 4.69) is 21.2 Å². The van der Waals surface area contributed by atoms with Gasteiger partial charge in [-0.3, -0.25) is 4.79 Å². The van der Waals surface area contributed by atoms with Crippen LogP contribution < -0.4 is 5.32 Å². The molecule has 1 aromatic rings. The highest BCUT2D eigenvalue weighted by Gasteiger charge is 2.30. The van der Waals surface area contributed by atoms with Crippen LogP contribution in [-0.4, -0.2) is 24.7 Å². The molecule has 1 heterocycles. The van der Waals surface area contributed by atoms with Crippen LogP contribution in [0.3, 0.4) is 0 Å². The maximum atomic E-state index is 13.1. The van der Waals surface area contributed by atoms with Crippen molar-refractivity contribution in [1.82, 2.24) is 5.32 Å². The van der Waals surface area contributed by atoms with Crippen molar-refractivity contribution in [1.29, 1.82) is 0 Å². The first-order valence-electron chi connectivity index (χ1n) is 5.87. The summed E-state index contributed by atoms with van der Waals surface area (Å²) in [4.78, 5) is 11.9. The zero-order valence-corrected chi connectivity index (χ0v) is 11.7. The lowest BCUT2D eigenvalue weighted by Crippen LogP contribution is -2.40. The minimum atomic E-state index is -0.377. The van der Waals surface area contributed by atoms with E-state index in [1.54, 1.807) is 0 Å². The largest absolute Gasteiger partial charge is 0.373 e. The Hall–Kier alpha value is -0.940. The van der Waals surface area contributed by atoms with Crippen LogP contribution in [0.4, 0.5) is 4.39 Å². The second-order valence-corrected chi connectivity index (χ2v) is 5.57. The number of rotatable bonds is 3. The Morgan fingerprint density at radius 1 is 1.61 bits per heavy atom. The van der Waals surface area contributed by atoms with Crippen LogP contribution in [0.1, 0.15) is 30.1 Å². The van der Waals surface area contributed by atoms with E-state index in [4.69, 9.17) is 4.74 Å². The van der Waals surface area contributed by atoms with Crippen LogP contribution in [0.25, 0.3) is 0 Å². The number of nitrogens with one attached hydrogen (secondary N) is 1. The average molecular weight is 316 g/mol. The Kier molecular flexibility index (Phi) is 4.02. The Bertz CT molecular complexity index is 458. The first-order valence-corrected chi connectivity index (χ1v) is 6.67. The summed E-state index contributed by atoms with van der Waals surface area (Å²) in [7, 11) is 0. The highest BCUT2D eigenvalue weighted by Crippen LogP contribution is 2.24. The average Bonchev–Trinajstić information content (AvgIpc) is 2.77. The van der Waals surface area contributed by atoms with Crippen molar-refractivity contribution in [3.8, 4) is 0 Å². The summed E-state index contributed by atoms with van der Waals surface area (Å²) in [6.45, 7) is 3.20. The second-order valence-electron chi connectivity index (χ2n) is 4.71. The third-order valence-electron chi connectivity index (χ3n) is 3.11. The van der Waals surface area contributed by atoms with Gasteiger partial charge < -0.3 is 10.1 Å². The predicted molar refractivity (Wildman–Crippen MR) is 70.0 cm³/mol. The number of hydrogen-bond donors (Lipinski definition) is 1. The van der Waals surface area contributed by atoms with E-state index in [1.165, 1.54) is 18.2 Å². The van der Waals surface area contributed by atoms with Gasteiger partial charge in [0.05, 0.1) is 10.1 Å². The Morgan fingerprint density at radius 3 is 3.00 bits per heavy atom. The fourth-order valence-corrected chi connectivity index (χ4v) is 2.36. The third kappa shape index (κ3) is 3.09. The molecule has 0 radical (unpaired) electrons. The van der Waals surface area contributed by atoms with Crippen LogP contribution in [0, 0.1) is 5.82 Å². The maximum Gasteiger partial charge on any atom is 0.251 e. The second kappa shape index (κ2) is 5.36. The summed E-state index contributed by atoms with van der Waals surface area (Å²) in [5.41, 5.74) is 0.164. The minimum absolute atomic E-state index is 0.215. The minimum Gasteiger partial charge on any atom is -0.373 e. The number of ether oxygens (including phenoxy) is 1. The molecule has 1 unspecified atom stereocenters. The highest BCUT2D eigenvalue weighted by atomic mass is 79.9. The zero-order valence-electron chi connectivity index (χ0n) is 10.1. The number of carbonyl (C=O) groups is 1. The van der Waals surface area contributed by atoms with Gasteiger partial charge in [0.15, 0.2) is 0 Å². The molecule has 1 amide bonds. The van der Waals surface area contributed by atoms with Gasteiger partial charge in [-0.2, -0.15) is 0 Å². The van der Waals surface area contributed by atoms with E-state index in [9.17, 15) is 9.18 Å². The highest BCUT2D eigenvalue weighted by molar-refractivity contribution is 9.10. The van der Waals surface area contributed by atoms with Gasteiger partial charge in [-0.05, 0) is 53.9 Å². The van der Waals surface area contributed by atoms with Crippen molar-refractivity contribution in [3.05, 3.63) is 34.1 Å². The first-order chi connectivity index (χ1) is 8.50. The SMILES string of the molecule is CC1(CNC(=O)c2ccc(F)c(Br)c2)CCCO1. The van der Waals surface area contributed by atoms with Gasteiger partial charge in [-0.25, -0.2) is 4.39 Å². The van der Waals surface area contributed by atoms with Gasteiger partial charge in [0.2, 0.25) is 0 Å². The monoisotopic (exact) mass is 315 g/mol. The smallest absolute Gasteiger partial charge is 0.251 e. The summed E-state index contributed by atoms with van der Waals surface area (Å²) < 4.78 is 18.9. The quantitative estimate of drug-likeness (QED) is 0.931. The number of halogens is 2. The molecule has 1 aliphatic rings. The molecule has 18 heavy (non-hydrogen) atoms. The third-order valence-corrected chi connectivity index (χ3v) is 3.71. The van der Waals surface area contributed by atoms with Gasteiger partial charge in [-0.15, -0.1) is 0 Å². The molecule has 0 aliphatic carbocycles. The fourth-order valence-electron chi connectivity index (χ4n) is 1.98. The molecule has 5 heteroatoms. The maximum absolute atomic E-state index is 13.1. The molecule has 2 rings (SSSR count). The van der Waals surface area contributed by atoms with E-state index in [0.29, 0.717) is 16.6 Å². The topological polar surface area (TPSA) is 38.3 Å². The van der Waals surface area contributed by atoms with Gasteiger partial charge in [0.25, 0.3) is 5.91 Å². The van der Waals surface area contributed by atoms with Crippen LogP contribution in [-0.2, 0) is 4.74 Å². The molecule has 1 N–H and O–H groups in total. The van der Waals surface area contributed by atoms with Crippen molar-refractivity contribution in [2.24, 2.45) is 0 Å². The normalized spacial score (nSPS) is 23.1. The van der Waals surface area contributed by atoms with Gasteiger partial charge in [0.1, 0.15) is 5.82 Å². The van der Waals surface area contributed by atoms with Gasteiger partial charge in [-0.1, -0.05) is 0 Å². The molecule has 1 saturated heterocycles. The standard InChI is InChI=1S/C13H15BrFNO2/c1-13(5-2-6-18-13)8-16-12(17)9-3-4-11(15)10(14)7-9/h3-4,7H,2,5-6,8H2,1H3,(H,16,17). The van der Waals surface area contributed by atoms with E-state index < -0.39 is 0 Å². The number of amides is 1. The summed E-state index contributed by atoms with van der Waals surface area (Å²) in [5.74, 6) is -0.593. The van der Waals surface area contributed by atoms with Gasteiger partial charge in [0, 0.05) is 18.7 Å². The van der Waals surface area contributed by atoms with Crippen molar-refractivity contribution in [2.45, 2.75) is 25.4 Å². The molecule has 98 valence electrons. The molecule has 0 bridgehead atoms. The lowest BCUT2D eigenvalue weighted by molar-refractivity contribution is 0.0206. The van der Waals surface area contributed by atoms with E-state index in [0.717, 1.165) is 19.4 Å². The molecule has 0 spiro atoms. The van der Waals surface area contributed by atoms with Crippen LogP contribution in [0.2, 0.25) is 0 Å². The lowest BCUT2D eigenvalue weighted by Gasteiger charge is -2.23.